The standard InChI is InChI=1S/C39H50N6O4/c1-4-45(5-2)25-23-36(46)40-24-15-14-22-34(42-37(47)32-27-41-33-21-13-12-20-31(32)33)38(48)43-35(26-29-16-8-6-9-17-29)39(49)44(3)28-30-18-10-7-11-19-30/h6-13,16-21,27,34-35,41H,4-5,14-15,22-26,28H2,1-3H3,(H,40,46)(H,42,47)(H,43,48)/t34?,35-/m1/s1. The molecule has 4 amide bonds. The Balaban J connectivity index is 1.46. The molecule has 10 nitrogen and oxygen atoms in total. The van der Waals surface area contributed by atoms with Crippen LogP contribution in [0.3, 0.4) is 0 Å². The zero-order chi connectivity index (χ0) is 35.0. The Bertz CT molecular complexity index is 1640. The summed E-state index contributed by atoms with van der Waals surface area (Å²) in [5.74, 6) is -1.04. The number of para-hydroxylation sites is 1. The Hall–Kier alpha value is -4.96. The highest BCUT2D eigenvalue weighted by Crippen LogP contribution is 2.18. The first-order valence-corrected chi connectivity index (χ1v) is 17.3. The van der Waals surface area contributed by atoms with Crippen LogP contribution in [0.15, 0.2) is 91.1 Å². The lowest BCUT2D eigenvalue weighted by atomic mass is 10.0. The van der Waals surface area contributed by atoms with Crippen LogP contribution in [0.2, 0.25) is 0 Å². The smallest absolute Gasteiger partial charge is 0.254 e. The lowest BCUT2D eigenvalue weighted by Gasteiger charge is -2.27. The summed E-state index contributed by atoms with van der Waals surface area (Å²) in [6.45, 7) is 7.53. The second-order valence-electron chi connectivity index (χ2n) is 12.3. The van der Waals surface area contributed by atoms with Crippen molar-refractivity contribution in [3.8, 4) is 0 Å². The lowest BCUT2D eigenvalue weighted by Crippen LogP contribution is -2.54. The summed E-state index contributed by atoms with van der Waals surface area (Å²) in [5, 5.41) is 9.66. The van der Waals surface area contributed by atoms with Crippen molar-refractivity contribution in [1.82, 2.24) is 30.7 Å². The summed E-state index contributed by atoms with van der Waals surface area (Å²) >= 11 is 0. The number of fused-ring (bicyclic) bond motifs is 1. The highest BCUT2D eigenvalue weighted by atomic mass is 16.2. The number of nitrogens with one attached hydrogen (secondary N) is 4. The normalized spacial score (nSPS) is 12.3. The molecule has 2 atom stereocenters. The average molecular weight is 667 g/mol. The molecular weight excluding hydrogens is 616 g/mol. The number of unbranched alkanes of at least 4 members (excludes halogenated alkanes) is 1. The third-order valence-electron chi connectivity index (χ3n) is 8.78. The van der Waals surface area contributed by atoms with Crippen LogP contribution in [0, 0.1) is 0 Å². The number of carbonyl (C=O) groups excluding carboxylic acids is 4. The summed E-state index contributed by atoms with van der Waals surface area (Å²) in [6, 6.07) is 25.0. The van der Waals surface area contributed by atoms with Gasteiger partial charge in [0.1, 0.15) is 12.1 Å². The van der Waals surface area contributed by atoms with Crippen molar-refractivity contribution in [2.45, 2.75) is 64.6 Å². The number of H-pyrrole nitrogens is 1. The van der Waals surface area contributed by atoms with E-state index in [1.54, 1.807) is 18.1 Å². The monoisotopic (exact) mass is 666 g/mol. The fraction of sp³-hybridized carbons (Fsp3) is 0.385. The van der Waals surface area contributed by atoms with Gasteiger partial charge in [-0.25, -0.2) is 0 Å². The SMILES string of the molecule is CCN(CC)CCC(=O)NCCCCC(NC(=O)c1c[nH]c2ccccc12)C(=O)N[C@H](Cc1ccccc1)C(=O)N(C)Cc1ccccc1. The zero-order valence-corrected chi connectivity index (χ0v) is 28.9. The van der Waals surface area contributed by atoms with Gasteiger partial charge in [-0.2, -0.15) is 0 Å². The molecule has 0 aliphatic carbocycles. The van der Waals surface area contributed by atoms with Gasteiger partial charge in [-0.3, -0.25) is 19.2 Å². The van der Waals surface area contributed by atoms with Crippen molar-refractivity contribution in [2.24, 2.45) is 0 Å². The van der Waals surface area contributed by atoms with Crippen molar-refractivity contribution in [3.63, 3.8) is 0 Å². The molecule has 1 aromatic heterocycles. The van der Waals surface area contributed by atoms with E-state index in [4.69, 9.17) is 0 Å². The minimum absolute atomic E-state index is 0.00396. The predicted molar refractivity (Wildman–Crippen MR) is 194 cm³/mol. The number of amides is 4. The van der Waals surface area contributed by atoms with E-state index in [0.717, 1.165) is 35.1 Å². The average Bonchev–Trinajstić information content (AvgIpc) is 3.56. The molecule has 1 unspecified atom stereocenters. The zero-order valence-electron chi connectivity index (χ0n) is 28.9. The number of hydrogen-bond acceptors (Lipinski definition) is 5. The van der Waals surface area contributed by atoms with Crippen LogP contribution in [0.25, 0.3) is 10.9 Å². The summed E-state index contributed by atoms with van der Waals surface area (Å²) in [4.78, 5) is 60.7. The van der Waals surface area contributed by atoms with Gasteiger partial charge >= 0.3 is 0 Å². The first kappa shape index (κ1) is 36.9. The van der Waals surface area contributed by atoms with Crippen molar-refractivity contribution < 1.29 is 19.2 Å². The highest BCUT2D eigenvalue weighted by Gasteiger charge is 2.29. The highest BCUT2D eigenvalue weighted by molar-refractivity contribution is 6.08. The van der Waals surface area contributed by atoms with Crippen molar-refractivity contribution in [1.29, 1.82) is 0 Å². The Morgan fingerprint density at radius 1 is 0.776 bits per heavy atom. The molecule has 4 rings (SSSR count). The largest absolute Gasteiger partial charge is 0.360 e. The fourth-order valence-corrected chi connectivity index (χ4v) is 5.88. The van der Waals surface area contributed by atoms with Gasteiger partial charge in [0.2, 0.25) is 17.7 Å². The molecule has 4 aromatic rings. The van der Waals surface area contributed by atoms with Crippen molar-refractivity contribution in [2.75, 3.05) is 33.2 Å². The Morgan fingerprint density at radius 2 is 1.43 bits per heavy atom. The molecule has 4 N–H and O–H groups in total. The molecule has 10 heteroatoms. The molecule has 0 saturated carbocycles. The Kier molecular flexibility index (Phi) is 14.4. The van der Waals surface area contributed by atoms with E-state index in [9.17, 15) is 19.2 Å². The molecular formula is C39H50N6O4. The first-order chi connectivity index (χ1) is 23.8. The molecule has 3 aromatic carbocycles. The van der Waals surface area contributed by atoms with Gasteiger partial charge in [-0.1, -0.05) is 92.7 Å². The number of aromatic nitrogens is 1. The van der Waals surface area contributed by atoms with E-state index in [-0.39, 0.29) is 17.7 Å². The third kappa shape index (κ3) is 11.3. The molecule has 260 valence electrons. The first-order valence-electron chi connectivity index (χ1n) is 17.3. The fourth-order valence-electron chi connectivity index (χ4n) is 5.88. The summed E-state index contributed by atoms with van der Waals surface area (Å²) in [7, 11) is 1.73. The molecule has 0 spiro atoms. The predicted octanol–water partition coefficient (Wildman–Crippen LogP) is 4.67. The van der Waals surface area contributed by atoms with Crippen LogP contribution in [0.5, 0.6) is 0 Å². The molecule has 0 saturated heterocycles. The molecule has 0 bridgehead atoms. The van der Waals surface area contributed by atoms with Gasteiger partial charge < -0.3 is 30.7 Å². The van der Waals surface area contributed by atoms with Gasteiger partial charge in [0, 0.05) is 56.6 Å². The van der Waals surface area contributed by atoms with Gasteiger partial charge in [0.25, 0.3) is 5.91 Å². The number of rotatable bonds is 19. The van der Waals surface area contributed by atoms with Crippen LogP contribution in [-0.4, -0.2) is 83.7 Å². The van der Waals surface area contributed by atoms with Gasteiger partial charge in [0.05, 0.1) is 5.56 Å². The molecule has 0 aliphatic rings. The maximum Gasteiger partial charge on any atom is 0.254 e. The number of hydrogen-bond donors (Lipinski definition) is 4. The van der Waals surface area contributed by atoms with Gasteiger partial charge in [0.15, 0.2) is 0 Å². The number of nitrogens with zero attached hydrogens (tertiary/aromatic N) is 2. The van der Waals surface area contributed by atoms with E-state index in [2.05, 4.69) is 39.7 Å². The van der Waals surface area contributed by atoms with E-state index in [1.165, 1.54) is 0 Å². The molecule has 0 aliphatic heterocycles. The van der Waals surface area contributed by atoms with Gasteiger partial charge in [-0.15, -0.1) is 0 Å². The van der Waals surface area contributed by atoms with Crippen LogP contribution in [0.4, 0.5) is 0 Å². The maximum atomic E-state index is 14.0. The summed E-state index contributed by atoms with van der Waals surface area (Å²) in [5.41, 5.74) is 3.14. The minimum Gasteiger partial charge on any atom is -0.360 e. The quantitative estimate of drug-likeness (QED) is 0.108. The topological polar surface area (TPSA) is 127 Å². The summed E-state index contributed by atoms with van der Waals surface area (Å²) in [6.07, 6.45) is 3.92. The van der Waals surface area contributed by atoms with E-state index < -0.39 is 18.0 Å². The van der Waals surface area contributed by atoms with Crippen LogP contribution >= 0.6 is 0 Å². The number of aromatic amines is 1. The third-order valence-corrected chi connectivity index (χ3v) is 8.78. The van der Waals surface area contributed by atoms with Gasteiger partial charge in [-0.05, 0) is 49.5 Å². The second kappa shape index (κ2) is 19.1. The minimum atomic E-state index is -0.898. The van der Waals surface area contributed by atoms with E-state index in [1.807, 2.05) is 84.9 Å². The van der Waals surface area contributed by atoms with Crippen LogP contribution in [0.1, 0.15) is 61.0 Å². The number of carbonyl (C=O) groups is 4. The number of benzene rings is 3. The molecule has 1 heterocycles. The van der Waals surface area contributed by atoms with E-state index >= 15 is 0 Å². The molecule has 0 fully saturated rings. The molecule has 0 radical (unpaired) electrons. The Labute approximate surface area is 289 Å². The van der Waals surface area contributed by atoms with E-state index in [0.29, 0.717) is 57.3 Å². The van der Waals surface area contributed by atoms with Crippen molar-refractivity contribution >= 4 is 34.5 Å². The Morgan fingerprint density at radius 3 is 2.12 bits per heavy atom. The number of likely N-dealkylation sites (N-methyl/N-ethyl adjacent to an activating group) is 1. The second-order valence-corrected chi connectivity index (χ2v) is 12.3. The van der Waals surface area contributed by atoms with Crippen LogP contribution in [-0.2, 0) is 27.3 Å². The van der Waals surface area contributed by atoms with Crippen LogP contribution < -0.4 is 16.0 Å². The van der Waals surface area contributed by atoms with Crippen molar-refractivity contribution in [3.05, 3.63) is 108 Å². The maximum absolute atomic E-state index is 14.0. The lowest BCUT2D eigenvalue weighted by molar-refractivity contribution is -0.136. The molecule has 49 heavy (non-hydrogen) atoms. The summed E-state index contributed by atoms with van der Waals surface area (Å²) < 4.78 is 0.